The molecule has 0 unspecified atom stereocenters. The zero-order chi connectivity index (χ0) is 24.2. The maximum Gasteiger partial charge on any atom is 0.244 e. The van der Waals surface area contributed by atoms with Crippen molar-refractivity contribution in [3.05, 3.63) is 62.6 Å². The minimum atomic E-state index is -3.82. The second-order valence-corrected chi connectivity index (χ2v) is 10.4. The SMILES string of the molecule is CNC(=O)[C@H](C)N(Cc1ccc(Cl)cc1Cl)C(=O)CN(c1ccc(Cl)cc1C)S(C)(=O)=O. The predicted molar refractivity (Wildman–Crippen MR) is 129 cm³/mol. The smallest absolute Gasteiger partial charge is 0.244 e. The van der Waals surface area contributed by atoms with Crippen LogP contribution in [0.1, 0.15) is 18.1 Å². The molecular weight excluding hydrogens is 497 g/mol. The molecule has 32 heavy (non-hydrogen) atoms. The summed E-state index contributed by atoms with van der Waals surface area (Å²) in [6.45, 7) is 2.73. The number of aryl methyl sites for hydroxylation is 1. The zero-order valence-corrected chi connectivity index (χ0v) is 21.1. The summed E-state index contributed by atoms with van der Waals surface area (Å²) in [5.74, 6) is -0.982. The molecule has 2 aromatic rings. The Hall–Kier alpha value is -2.00. The molecule has 0 aliphatic carbocycles. The fraction of sp³-hybridized carbons (Fsp3) is 0.333. The maximum absolute atomic E-state index is 13.3. The summed E-state index contributed by atoms with van der Waals surface area (Å²) in [6, 6.07) is 8.62. The zero-order valence-electron chi connectivity index (χ0n) is 18.0. The second kappa shape index (κ2) is 10.7. The molecule has 0 aliphatic heterocycles. The van der Waals surface area contributed by atoms with Crippen molar-refractivity contribution < 1.29 is 18.0 Å². The third-order valence-corrected chi connectivity index (χ3v) is 6.82. The van der Waals surface area contributed by atoms with Gasteiger partial charge in [0.15, 0.2) is 0 Å². The van der Waals surface area contributed by atoms with E-state index < -0.39 is 34.4 Å². The van der Waals surface area contributed by atoms with Crippen molar-refractivity contribution in [2.45, 2.75) is 26.4 Å². The van der Waals surface area contributed by atoms with Crippen molar-refractivity contribution in [3.63, 3.8) is 0 Å². The third kappa shape index (κ3) is 6.51. The van der Waals surface area contributed by atoms with Crippen molar-refractivity contribution in [1.82, 2.24) is 10.2 Å². The first kappa shape index (κ1) is 26.3. The van der Waals surface area contributed by atoms with Gasteiger partial charge in [-0.25, -0.2) is 8.42 Å². The first-order valence-corrected chi connectivity index (χ1v) is 12.5. The number of likely N-dealkylation sites (N-methyl/N-ethyl adjacent to an activating group) is 1. The Kier molecular flexibility index (Phi) is 8.82. The summed E-state index contributed by atoms with van der Waals surface area (Å²) in [4.78, 5) is 26.9. The molecule has 11 heteroatoms. The molecule has 2 rings (SSSR count). The lowest BCUT2D eigenvalue weighted by Gasteiger charge is -2.31. The van der Waals surface area contributed by atoms with Crippen molar-refractivity contribution >= 4 is 62.3 Å². The van der Waals surface area contributed by atoms with Gasteiger partial charge in [0.1, 0.15) is 12.6 Å². The number of rotatable bonds is 8. The Morgan fingerprint density at radius 2 is 1.66 bits per heavy atom. The summed E-state index contributed by atoms with van der Waals surface area (Å²) in [5, 5.41) is 3.70. The Morgan fingerprint density at radius 3 is 2.19 bits per heavy atom. The number of hydrogen-bond donors (Lipinski definition) is 1. The lowest BCUT2D eigenvalue weighted by molar-refractivity contribution is -0.139. The summed E-state index contributed by atoms with van der Waals surface area (Å²) in [5.41, 5.74) is 1.47. The highest BCUT2D eigenvalue weighted by molar-refractivity contribution is 7.92. The Bertz CT molecular complexity index is 1130. The largest absolute Gasteiger partial charge is 0.357 e. The topological polar surface area (TPSA) is 86.8 Å². The first-order valence-electron chi connectivity index (χ1n) is 9.54. The van der Waals surface area contributed by atoms with E-state index in [1.54, 1.807) is 38.1 Å². The van der Waals surface area contributed by atoms with E-state index in [9.17, 15) is 18.0 Å². The number of nitrogens with one attached hydrogen (secondary N) is 1. The summed E-state index contributed by atoms with van der Waals surface area (Å²) >= 11 is 18.2. The predicted octanol–water partition coefficient (Wildman–Crippen LogP) is 3.88. The molecule has 0 aromatic heterocycles. The highest BCUT2D eigenvalue weighted by Crippen LogP contribution is 2.27. The van der Waals surface area contributed by atoms with E-state index in [1.807, 2.05) is 0 Å². The van der Waals surface area contributed by atoms with Gasteiger partial charge >= 0.3 is 0 Å². The third-order valence-electron chi connectivity index (χ3n) is 4.88. The molecule has 0 aliphatic rings. The van der Waals surface area contributed by atoms with Crippen LogP contribution in [0.15, 0.2) is 36.4 Å². The molecule has 7 nitrogen and oxygen atoms in total. The van der Waals surface area contributed by atoms with Gasteiger partial charge in [-0.2, -0.15) is 0 Å². The number of nitrogens with zero attached hydrogens (tertiary/aromatic N) is 2. The van der Waals surface area contributed by atoms with Crippen LogP contribution in [0.3, 0.4) is 0 Å². The van der Waals surface area contributed by atoms with E-state index in [2.05, 4.69) is 5.32 Å². The molecule has 174 valence electrons. The molecule has 0 heterocycles. The van der Waals surface area contributed by atoms with Crippen LogP contribution in [0.5, 0.6) is 0 Å². The van der Waals surface area contributed by atoms with E-state index in [4.69, 9.17) is 34.8 Å². The van der Waals surface area contributed by atoms with E-state index in [-0.39, 0.29) is 6.54 Å². The highest BCUT2D eigenvalue weighted by atomic mass is 35.5. The highest BCUT2D eigenvalue weighted by Gasteiger charge is 2.30. The Labute approximate surface area is 203 Å². The van der Waals surface area contributed by atoms with Gasteiger partial charge in [0, 0.05) is 28.7 Å². The van der Waals surface area contributed by atoms with Gasteiger partial charge in [-0.05, 0) is 55.3 Å². The van der Waals surface area contributed by atoms with Crippen LogP contribution < -0.4 is 9.62 Å². The minimum Gasteiger partial charge on any atom is -0.357 e. The number of carbonyl (C=O) groups excluding carboxylic acids is 2. The molecule has 2 aromatic carbocycles. The molecule has 2 amide bonds. The second-order valence-electron chi connectivity index (χ2n) is 7.25. The number of carbonyl (C=O) groups is 2. The molecule has 0 bridgehead atoms. The molecular formula is C21H24Cl3N3O4S. The van der Waals surface area contributed by atoms with Gasteiger partial charge in [0.05, 0.1) is 11.9 Å². The summed E-state index contributed by atoms with van der Waals surface area (Å²) < 4.78 is 26.1. The van der Waals surface area contributed by atoms with Gasteiger partial charge in [-0.1, -0.05) is 40.9 Å². The molecule has 1 N–H and O–H groups in total. The fourth-order valence-corrected chi connectivity index (χ4v) is 4.72. The van der Waals surface area contributed by atoms with E-state index in [0.29, 0.717) is 31.9 Å². The van der Waals surface area contributed by atoms with Crippen LogP contribution in [-0.2, 0) is 26.2 Å². The molecule has 0 saturated carbocycles. The van der Waals surface area contributed by atoms with Crippen LogP contribution in [0, 0.1) is 6.92 Å². The van der Waals surface area contributed by atoms with Crippen LogP contribution >= 0.6 is 34.8 Å². The number of anilines is 1. The lowest BCUT2D eigenvalue weighted by atomic mass is 10.1. The van der Waals surface area contributed by atoms with E-state index >= 15 is 0 Å². The molecule has 0 fully saturated rings. The normalized spacial score (nSPS) is 12.2. The standard InChI is InChI=1S/C21H24Cl3N3O4S/c1-13-9-16(22)7-8-19(13)27(32(4,30)31)12-20(28)26(14(2)21(29)25-3)11-15-5-6-17(23)10-18(15)24/h5-10,14H,11-12H2,1-4H3,(H,25,29)/t14-/m0/s1. The average molecular weight is 521 g/mol. The van der Waals surface area contributed by atoms with Crippen molar-refractivity contribution in [2.24, 2.45) is 0 Å². The van der Waals surface area contributed by atoms with Gasteiger partial charge in [0.25, 0.3) is 0 Å². The van der Waals surface area contributed by atoms with Crippen LogP contribution in [-0.4, -0.2) is 51.0 Å². The monoisotopic (exact) mass is 519 g/mol. The number of hydrogen-bond acceptors (Lipinski definition) is 4. The van der Waals surface area contributed by atoms with Crippen molar-refractivity contribution in [3.8, 4) is 0 Å². The first-order chi connectivity index (χ1) is 14.8. The number of benzene rings is 2. The summed E-state index contributed by atoms with van der Waals surface area (Å²) in [6.07, 6.45) is 1.01. The van der Waals surface area contributed by atoms with Gasteiger partial charge < -0.3 is 10.2 Å². The van der Waals surface area contributed by atoms with Crippen LogP contribution in [0.4, 0.5) is 5.69 Å². The Morgan fingerprint density at radius 1 is 1.06 bits per heavy atom. The minimum absolute atomic E-state index is 0.0133. The van der Waals surface area contributed by atoms with Gasteiger partial charge in [-0.15, -0.1) is 0 Å². The molecule has 0 spiro atoms. The average Bonchev–Trinajstić information content (AvgIpc) is 2.70. The van der Waals surface area contributed by atoms with E-state index in [1.165, 1.54) is 24.1 Å². The van der Waals surface area contributed by atoms with Crippen molar-refractivity contribution in [1.29, 1.82) is 0 Å². The lowest BCUT2D eigenvalue weighted by Crippen LogP contribution is -2.50. The van der Waals surface area contributed by atoms with Crippen molar-refractivity contribution in [2.75, 3.05) is 24.2 Å². The molecule has 1 atom stereocenters. The number of sulfonamides is 1. The Balaban J connectivity index is 2.45. The van der Waals surface area contributed by atoms with Gasteiger partial charge in [-0.3, -0.25) is 13.9 Å². The maximum atomic E-state index is 13.3. The number of amides is 2. The van der Waals surface area contributed by atoms with Gasteiger partial charge in [0.2, 0.25) is 21.8 Å². The van der Waals surface area contributed by atoms with Crippen LogP contribution in [0.25, 0.3) is 0 Å². The quantitative estimate of drug-likeness (QED) is 0.572. The summed E-state index contributed by atoms with van der Waals surface area (Å²) in [7, 11) is -2.37. The molecule has 0 saturated heterocycles. The van der Waals surface area contributed by atoms with Crippen LogP contribution in [0.2, 0.25) is 15.1 Å². The van der Waals surface area contributed by atoms with E-state index in [0.717, 1.165) is 10.6 Å². The fourth-order valence-electron chi connectivity index (χ4n) is 3.12. The molecule has 0 radical (unpaired) electrons. The number of halogens is 3.